The van der Waals surface area contributed by atoms with Crippen LogP contribution in [0.25, 0.3) is 0 Å². The van der Waals surface area contributed by atoms with Gasteiger partial charge in [-0.15, -0.1) is 0 Å². The van der Waals surface area contributed by atoms with E-state index in [9.17, 15) is 9.59 Å². The Balaban J connectivity index is 1.78. The second-order valence-corrected chi connectivity index (χ2v) is 6.87. The molecule has 0 heterocycles. The average molecular weight is 367 g/mol. The van der Waals surface area contributed by atoms with E-state index >= 15 is 0 Å². The summed E-state index contributed by atoms with van der Waals surface area (Å²) >= 11 is 0. The highest BCUT2D eigenvalue weighted by Gasteiger charge is 2.13. The summed E-state index contributed by atoms with van der Waals surface area (Å²) in [5.41, 5.74) is 2.90. The van der Waals surface area contributed by atoms with Crippen molar-refractivity contribution < 1.29 is 9.59 Å². The summed E-state index contributed by atoms with van der Waals surface area (Å²) in [4.78, 5) is 26.5. The maximum Gasteiger partial charge on any atom is 0.251 e. The first-order chi connectivity index (χ1) is 13.0. The van der Waals surface area contributed by atoms with E-state index in [1.54, 1.807) is 12.1 Å². The molecule has 0 aliphatic heterocycles. The van der Waals surface area contributed by atoms with Crippen molar-refractivity contribution in [3.63, 3.8) is 0 Å². The third-order valence-electron chi connectivity index (χ3n) is 4.38. The standard InChI is InChI=1S/C22H29N3O2/c1-4-25(3)16-19-10-8-9-18(14-19)15-23-21(26)13-17(2)24-22(27)20-11-6-5-7-12-20/h5-12,14,17H,4,13,15-16H2,1-3H3,(H,23,26)(H,24,27). The van der Waals surface area contributed by atoms with E-state index in [-0.39, 0.29) is 24.3 Å². The van der Waals surface area contributed by atoms with Crippen molar-refractivity contribution in [2.45, 2.75) is 39.4 Å². The van der Waals surface area contributed by atoms with Crippen LogP contribution in [0.3, 0.4) is 0 Å². The van der Waals surface area contributed by atoms with Crippen LogP contribution in [0.1, 0.15) is 41.8 Å². The zero-order valence-corrected chi connectivity index (χ0v) is 16.4. The Kier molecular flexibility index (Phi) is 8.01. The van der Waals surface area contributed by atoms with Gasteiger partial charge in [0, 0.05) is 31.1 Å². The Hall–Kier alpha value is -2.66. The van der Waals surface area contributed by atoms with Crippen LogP contribution in [-0.2, 0) is 17.9 Å². The first-order valence-electron chi connectivity index (χ1n) is 9.37. The minimum absolute atomic E-state index is 0.0769. The molecule has 0 saturated heterocycles. The predicted octanol–water partition coefficient (Wildman–Crippen LogP) is 2.96. The molecule has 0 saturated carbocycles. The number of nitrogens with one attached hydrogen (secondary N) is 2. The lowest BCUT2D eigenvalue weighted by atomic mass is 10.1. The Morgan fingerprint density at radius 1 is 1.04 bits per heavy atom. The van der Waals surface area contributed by atoms with E-state index in [1.165, 1.54) is 5.56 Å². The average Bonchev–Trinajstić information content (AvgIpc) is 2.67. The van der Waals surface area contributed by atoms with Crippen molar-refractivity contribution >= 4 is 11.8 Å². The van der Waals surface area contributed by atoms with Crippen molar-refractivity contribution in [3.05, 3.63) is 71.3 Å². The third-order valence-corrected chi connectivity index (χ3v) is 4.38. The normalized spacial score (nSPS) is 11.9. The van der Waals surface area contributed by atoms with Crippen LogP contribution in [0.2, 0.25) is 0 Å². The lowest BCUT2D eigenvalue weighted by molar-refractivity contribution is -0.121. The van der Waals surface area contributed by atoms with Crippen LogP contribution >= 0.6 is 0 Å². The predicted molar refractivity (Wildman–Crippen MR) is 108 cm³/mol. The van der Waals surface area contributed by atoms with Gasteiger partial charge < -0.3 is 15.5 Å². The van der Waals surface area contributed by atoms with Crippen LogP contribution in [0.5, 0.6) is 0 Å². The van der Waals surface area contributed by atoms with Crippen molar-refractivity contribution in [1.29, 1.82) is 0 Å². The molecule has 0 radical (unpaired) electrons. The smallest absolute Gasteiger partial charge is 0.251 e. The molecule has 2 rings (SSSR count). The van der Waals surface area contributed by atoms with Gasteiger partial charge in [-0.05, 0) is 43.8 Å². The van der Waals surface area contributed by atoms with Gasteiger partial charge in [-0.25, -0.2) is 0 Å². The first kappa shape index (κ1) is 20.6. The Morgan fingerprint density at radius 3 is 2.44 bits per heavy atom. The molecule has 2 amide bonds. The van der Waals surface area contributed by atoms with Crippen LogP contribution < -0.4 is 10.6 Å². The van der Waals surface area contributed by atoms with Crippen LogP contribution in [0.15, 0.2) is 54.6 Å². The Labute approximate surface area is 161 Å². The molecule has 2 aromatic rings. The summed E-state index contributed by atoms with van der Waals surface area (Å²) in [5, 5.41) is 5.79. The van der Waals surface area contributed by atoms with Gasteiger partial charge in [-0.3, -0.25) is 9.59 Å². The highest BCUT2D eigenvalue weighted by Crippen LogP contribution is 2.08. The van der Waals surface area contributed by atoms with Gasteiger partial charge in [0.15, 0.2) is 0 Å². The molecule has 0 fully saturated rings. The number of nitrogens with zero attached hydrogens (tertiary/aromatic N) is 1. The molecule has 2 aromatic carbocycles. The summed E-state index contributed by atoms with van der Waals surface area (Å²) in [6.45, 7) is 6.33. The fraction of sp³-hybridized carbons (Fsp3) is 0.364. The fourth-order valence-electron chi connectivity index (χ4n) is 2.76. The molecule has 1 unspecified atom stereocenters. The quantitative estimate of drug-likeness (QED) is 0.716. The molecule has 0 aliphatic rings. The maximum absolute atomic E-state index is 12.2. The van der Waals surface area contributed by atoms with Gasteiger partial charge in [0.2, 0.25) is 5.91 Å². The molecule has 2 N–H and O–H groups in total. The van der Waals surface area contributed by atoms with Gasteiger partial charge in [0.1, 0.15) is 0 Å². The Morgan fingerprint density at radius 2 is 1.74 bits per heavy atom. The summed E-state index contributed by atoms with van der Waals surface area (Å²) in [7, 11) is 2.08. The van der Waals surface area contributed by atoms with Gasteiger partial charge >= 0.3 is 0 Å². The van der Waals surface area contributed by atoms with Crippen LogP contribution in [0.4, 0.5) is 0 Å². The third kappa shape index (κ3) is 7.23. The highest BCUT2D eigenvalue weighted by molar-refractivity contribution is 5.94. The molecule has 5 heteroatoms. The van der Waals surface area contributed by atoms with Crippen LogP contribution in [0, 0.1) is 0 Å². The minimum atomic E-state index is -0.234. The monoisotopic (exact) mass is 367 g/mol. The second-order valence-electron chi connectivity index (χ2n) is 6.87. The zero-order chi connectivity index (χ0) is 19.6. The molecule has 1 atom stereocenters. The molecular weight excluding hydrogens is 338 g/mol. The van der Waals surface area contributed by atoms with E-state index in [4.69, 9.17) is 0 Å². The number of amides is 2. The van der Waals surface area contributed by atoms with Gasteiger partial charge in [0.05, 0.1) is 0 Å². The van der Waals surface area contributed by atoms with Crippen molar-refractivity contribution in [3.8, 4) is 0 Å². The van der Waals surface area contributed by atoms with Gasteiger partial charge in [0.25, 0.3) is 5.91 Å². The van der Waals surface area contributed by atoms with E-state index < -0.39 is 0 Å². The second kappa shape index (κ2) is 10.5. The molecule has 27 heavy (non-hydrogen) atoms. The Bertz CT molecular complexity index is 746. The molecule has 144 valence electrons. The maximum atomic E-state index is 12.2. The van der Waals surface area contributed by atoms with E-state index in [1.807, 2.05) is 37.3 Å². The fourth-order valence-corrected chi connectivity index (χ4v) is 2.76. The number of carbonyl (C=O) groups is 2. The highest BCUT2D eigenvalue weighted by atomic mass is 16.2. The number of rotatable bonds is 9. The summed E-state index contributed by atoms with van der Waals surface area (Å²) in [6, 6.07) is 17.0. The minimum Gasteiger partial charge on any atom is -0.352 e. The largest absolute Gasteiger partial charge is 0.352 e. The SMILES string of the molecule is CCN(C)Cc1cccc(CNC(=O)CC(C)NC(=O)c2ccccc2)c1. The first-order valence-corrected chi connectivity index (χ1v) is 9.37. The van der Waals surface area contributed by atoms with Crippen molar-refractivity contribution in [2.75, 3.05) is 13.6 Å². The molecular formula is C22H29N3O2. The molecule has 0 aliphatic carbocycles. The van der Waals surface area contributed by atoms with Gasteiger partial charge in [-0.1, -0.05) is 49.4 Å². The number of hydrogen-bond donors (Lipinski definition) is 2. The van der Waals surface area contributed by atoms with E-state index in [0.29, 0.717) is 12.1 Å². The molecule has 0 bridgehead atoms. The van der Waals surface area contributed by atoms with Gasteiger partial charge in [-0.2, -0.15) is 0 Å². The van der Waals surface area contributed by atoms with Crippen molar-refractivity contribution in [1.82, 2.24) is 15.5 Å². The summed E-state index contributed by atoms with van der Waals surface area (Å²) in [6.07, 6.45) is 0.247. The lowest BCUT2D eigenvalue weighted by Gasteiger charge is -2.15. The lowest BCUT2D eigenvalue weighted by Crippen LogP contribution is -2.37. The summed E-state index contributed by atoms with van der Waals surface area (Å²) in [5.74, 6) is -0.240. The summed E-state index contributed by atoms with van der Waals surface area (Å²) < 4.78 is 0. The van der Waals surface area contributed by atoms with Crippen LogP contribution in [-0.4, -0.2) is 36.3 Å². The topological polar surface area (TPSA) is 61.4 Å². The number of benzene rings is 2. The van der Waals surface area contributed by atoms with E-state index in [0.717, 1.165) is 18.7 Å². The molecule has 5 nitrogen and oxygen atoms in total. The molecule has 0 spiro atoms. The van der Waals surface area contributed by atoms with Crippen molar-refractivity contribution in [2.24, 2.45) is 0 Å². The number of hydrogen-bond acceptors (Lipinski definition) is 3. The van der Waals surface area contributed by atoms with E-state index in [2.05, 4.69) is 41.6 Å². The molecule has 0 aromatic heterocycles. The number of carbonyl (C=O) groups excluding carboxylic acids is 2. The zero-order valence-electron chi connectivity index (χ0n) is 16.4.